The van der Waals surface area contributed by atoms with Crippen LogP contribution in [0.25, 0.3) is 0 Å². The van der Waals surface area contributed by atoms with Crippen LogP contribution < -0.4 is 10.6 Å². The van der Waals surface area contributed by atoms with Gasteiger partial charge in [0.05, 0.1) is 5.92 Å². The number of nitrogens with zero attached hydrogens (tertiary/aromatic N) is 2. The minimum Gasteiger partial charge on any atom is -0.389 e. The van der Waals surface area contributed by atoms with E-state index in [0.29, 0.717) is 24.3 Å². The standard InChI is InChI=1S/C12H14F3N3S/c13-12(14,15)9-2-1-5-18(7-9)10-6-8(11(16)19)3-4-17-10/h3-4,6,9H,1-2,5,7H2,(H2,16,19). The third-order valence-corrected chi connectivity index (χ3v) is 3.47. The molecule has 0 spiro atoms. The van der Waals surface area contributed by atoms with Crippen molar-refractivity contribution in [2.45, 2.75) is 19.0 Å². The van der Waals surface area contributed by atoms with Crippen molar-refractivity contribution in [2.24, 2.45) is 11.7 Å². The van der Waals surface area contributed by atoms with Gasteiger partial charge in [-0.25, -0.2) is 4.98 Å². The third-order valence-electron chi connectivity index (χ3n) is 3.24. The minimum absolute atomic E-state index is 0.0582. The maximum Gasteiger partial charge on any atom is 0.393 e. The number of alkyl halides is 3. The fourth-order valence-corrected chi connectivity index (χ4v) is 2.32. The van der Waals surface area contributed by atoms with E-state index < -0.39 is 12.1 Å². The summed E-state index contributed by atoms with van der Waals surface area (Å²) in [6.45, 7) is 0.512. The summed E-state index contributed by atoms with van der Waals surface area (Å²) >= 11 is 4.86. The van der Waals surface area contributed by atoms with Crippen LogP contribution in [0.2, 0.25) is 0 Å². The summed E-state index contributed by atoms with van der Waals surface area (Å²) in [6.07, 6.45) is -1.96. The first-order valence-electron chi connectivity index (χ1n) is 5.95. The van der Waals surface area contributed by atoms with Gasteiger partial charge in [-0.15, -0.1) is 0 Å². The molecule has 0 amide bonds. The summed E-state index contributed by atoms with van der Waals surface area (Å²) in [5.74, 6) is -0.796. The fourth-order valence-electron chi connectivity index (χ4n) is 2.20. The van der Waals surface area contributed by atoms with Crippen molar-refractivity contribution in [1.29, 1.82) is 0 Å². The Bertz CT molecular complexity index is 476. The van der Waals surface area contributed by atoms with Gasteiger partial charge in [-0.1, -0.05) is 12.2 Å². The Morgan fingerprint density at radius 2 is 2.21 bits per heavy atom. The molecule has 2 rings (SSSR count). The lowest BCUT2D eigenvalue weighted by molar-refractivity contribution is -0.176. The van der Waals surface area contributed by atoms with E-state index in [2.05, 4.69) is 4.98 Å². The molecule has 2 heterocycles. The molecule has 0 aromatic carbocycles. The zero-order valence-electron chi connectivity index (χ0n) is 10.2. The molecule has 2 N–H and O–H groups in total. The van der Waals surface area contributed by atoms with Gasteiger partial charge in [0.1, 0.15) is 10.8 Å². The van der Waals surface area contributed by atoms with Gasteiger partial charge in [-0.2, -0.15) is 13.2 Å². The number of aromatic nitrogens is 1. The average molecular weight is 289 g/mol. The molecule has 7 heteroatoms. The lowest BCUT2D eigenvalue weighted by Gasteiger charge is -2.34. The van der Waals surface area contributed by atoms with Crippen molar-refractivity contribution < 1.29 is 13.2 Å². The molecular formula is C12H14F3N3S. The summed E-state index contributed by atoms with van der Waals surface area (Å²) in [6, 6.07) is 3.29. The first kappa shape index (κ1) is 14.0. The van der Waals surface area contributed by atoms with Crippen LogP contribution in [0.5, 0.6) is 0 Å². The summed E-state index contributed by atoms with van der Waals surface area (Å²) in [7, 11) is 0. The molecule has 1 atom stereocenters. The number of nitrogens with two attached hydrogens (primary N) is 1. The van der Waals surface area contributed by atoms with Gasteiger partial charge in [0.2, 0.25) is 0 Å². The lowest BCUT2D eigenvalue weighted by atomic mass is 9.97. The maximum absolute atomic E-state index is 12.8. The van der Waals surface area contributed by atoms with E-state index in [1.165, 1.54) is 6.20 Å². The van der Waals surface area contributed by atoms with E-state index in [1.54, 1.807) is 17.0 Å². The number of halogens is 3. The number of piperidine rings is 1. The van der Waals surface area contributed by atoms with Crippen LogP contribution in [0.15, 0.2) is 18.3 Å². The number of hydrogen-bond acceptors (Lipinski definition) is 3. The lowest BCUT2D eigenvalue weighted by Crippen LogP contribution is -2.42. The monoisotopic (exact) mass is 289 g/mol. The highest BCUT2D eigenvalue weighted by molar-refractivity contribution is 7.80. The number of anilines is 1. The second-order valence-electron chi connectivity index (χ2n) is 4.59. The van der Waals surface area contributed by atoms with Crippen molar-refractivity contribution in [3.63, 3.8) is 0 Å². The quantitative estimate of drug-likeness (QED) is 0.849. The predicted molar refractivity (Wildman–Crippen MR) is 71.1 cm³/mol. The highest BCUT2D eigenvalue weighted by Crippen LogP contribution is 2.34. The molecule has 1 aromatic heterocycles. The van der Waals surface area contributed by atoms with Crippen molar-refractivity contribution in [3.05, 3.63) is 23.9 Å². The summed E-state index contributed by atoms with van der Waals surface area (Å²) in [4.78, 5) is 5.96. The Labute approximate surface area is 114 Å². The zero-order chi connectivity index (χ0) is 14.0. The van der Waals surface area contributed by atoms with Crippen LogP contribution in [0.1, 0.15) is 18.4 Å². The molecule has 1 fully saturated rings. The highest BCUT2D eigenvalue weighted by Gasteiger charge is 2.42. The third kappa shape index (κ3) is 3.34. The summed E-state index contributed by atoms with van der Waals surface area (Å²) < 4.78 is 38.3. The van der Waals surface area contributed by atoms with Crippen molar-refractivity contribution in [2.75, 3.05) is 18.0 Å². The maximum atomic E-state index is 12.8. The van der Waals surface area contributed by atoms with Crippen LogP contribution in [0.4, 0.5) is 19.0 Å². The molecule has 1 saturated heterocycles. The molecule has 1 aromatic rings. The predicted octanol–water partition coefficient (Wildman–Crippen LogP) is 2.49. The van der Waals surface area contributed by atoms with Gasteiger partial charge in [-0.05, 0) is 25.0 Å². The molecule has 0 bridgehead atoms. The molecule has 0 saturated carbocycles. The Hall–Kier alpha value is -1.37. The topological polar surface area (TPSA) is 42.1 Å². The van der Waals surface area contributed by atoms with E-state index in [0.717, 1.165) is 0 Å². The van der Waals surface area contributed by atoms with Gasteiger partial charge in [0, 0.05) is 24.8 Å². The van der Waals surface area contributed by atoms with Gasteiger partial charge in [0.25, 0.3) is 0 Å². The number of pyridine rings is 1. The molecule has 0 aliphatic carbocycles. The number of rotatable bonds is 2. The molecule has 1 aliphatic heterocycles. The van der Waals surface area contributed by atoms with Crippen molar-refractivity contribution in [1.82, 2.24) is 4.98 Å². The molecule has 1 aliphatic rings. The number of thiocarbonyl (C=S) groups is 1. The SMILES string of the molecule is NC(=S)c1ccnc(N2CCCC(C(F)(F)F)C2)c1. The van der Waals surface area contributed by atoms with Gasteiger partial charge in [-0.3, -0.25) is 0 Å². The molecular weight excluding hydrogens is 275 g/mol. The molecule has 0 radical (unpaired) electrons. The second kappa shape index (κ2) is 5.32. The molecule has 1 unspecified atom stereocenters. The Balaban J connectivity index is 2.17. The summed E-state index contributed by atoms with van der Waals surface area (Å²) in [5.41, 5.74) is 6.13. The molecule has 19 heavy (non-hydrogen) atoms. The summed E-state index contributed by atoms with van der Waals surface area (Å²) in [5, 5.41) is 0. The van der Waals surface area contributed by atoms with Crippen LogP contribution in [-0.2, 0) is 0 Å². The molecule has 3 nitrogen and oxygen atoms in total. The van der Waals surface area contributed by atoms with Crippen LogP contribution in [-0.4, -0.2) is 29.2 Å². The molecule has 104 valence electrons. The van der Waals surface area contributed by atoms with E-state index in [1.807, 2.05) is 0 Å². The second-order valence-corrected chi connectivity index (χ2v) is 5.03. The van der Waals surface area contributed by atoms with Gasteiger partial charge >= 0.3 is 6.18 Å². The van der Waals surface area contributed by atoms with E-state index in [4.69, 9.17) is 18.0 Å². The highest BCUT2D eigenvalue weighted by atomic mass is 32.1. The first-order valence-corrected chi connectivity index (χ1v) is 6.36. The van der Waals surface area contributed by atoms with Gasteiger partial charge < -0.3 is 10.6 Å². The Kier molecular flexibility index (Phi) is 3.93. The van der Waals surface area contributed by atoms with E-state index in [9.17, 15) is 13.2 Å². The Morgan fingerprint density at radius 1 is 1.47 bits per heavy atom. The first-order chi connectivity index (χ1) is 8.88. The smallest absolute Gasteiger partial charge is 0.389 e. The van der Waals surface area contributed by atoms with E-state index in [-0.39, 0.29) is 18.0 Å². The minimum atomic E-state index is -4.15. The number of hydrogen-bond donors (Lipinski definition) is 1. The van der Waals surface area contributed by atoms with Gasteiger partial charge in [0.15, 0.2) is 0 Å². The zero-order valence-corrected chi connectivity index (χ0v) is 11.0. The van der Waals surface area contributed by atoms with Crippen molar-refractivity contribution in [3.8, 4) is 0 Å². The van der Waals surface area contributed by atoms with E-state index >= 15 is 0 Å². The van der Waals surface area contributed by atoms with Crippen molar-refractivity contribution >= 4 is 23.0 Å². The fraction of sp³-hybridized carbons (Fsp3) is 0.500. The average Bonchev–Trinajstić information content (AvgIpc) is 2.38. The van der Waals surface area contributed by atoms with Crippen LogP contribution >= 0.6 is 12.2 Å². The van der Waals surface area contributed by atoms with Crippen LogP contribution in [0, 0.1) is 5.92 Å². The largest absolute Gasteiger partial charge is 0.393 e. The Morgan fingerprint density at radius 3 is 2.84 bits per heavy atom. The van der Waals surface area contributed by atoms with Crippen LogP contribution in [0.3, 0.4) is 0 Å². The normalized spacial score (nSPS) is 20.4.